The lowest BCUT2D eigenvalue weighted by molar-refractivity contribution is 0.201. The first kappa shape index (κ1) is 25.2. The van der Waals surface area contributed by atoms with Gasteiger partial charge in [-0.15, -0.1) is 11.3 Å². The Bertz CT molecular complexity index is 1560. The van der Waals surface area contributed by atoms with Crippen LogP contribution in [0.25, 0.3) is 22.5 Å². The van der Waals surface area contributed by atoms with Gasteiger partial charge >= 0.3 is 5.69 Å². The van der Waals surface area contributed by atoms with E-state index in [9.17, 15) is 14.3 Å². The van der Waals surface area contributed by atoms with Crippen LogP contribution in [0.3, 0.4) is 0 Å². The molecule has 0 amide bonds. The molecule has 0 aliphatic heterocycles. The highest BCUT2D eigenvalue weighted by molar-refractivity contribution is 14.1. The average molecular weight is 633 g/mol. The van der Waals surface area contributed by atoms with E-state index in [0.29, 0.717) is 34.1 Å². The van der Waals surface area contributed by atoms with E-state index < -0.39 is 17.5 Å². The third kappa shape index (κ3) is 5.31. The third-order valence-electron chi connectivity index (χ3n) is 5.74. The van der Waals surface area contributed by atoms with Crippen LogP contribution in [0.15, 0.2) is 64.3 Å². The number of aliphatic hydroxyl groups excluding tert-OH is 1. The van der Waals surface area contributed by atoms with Gasteiger partial charge in [0.2, 0.25) is 5.88 Å². The molecule has 0 spiro atoms. The topological polar surface area (TPSA) is 129 Å². The number of hydrogen-bond donors (Lipinski definition) is 4. The number of halogens is 2. The maximum atomic E-state index is 14.6. The van der Waals surface area contributed by atoms with Crippen molar-refractivity contribution in [2.45, 2.75) is 12.5 Å². The first-order valence-electron chi connectivity index (χ1n) is 11.2. The number of aliphatic hydroxyl groups is 1. The van der Waals surface area contributed by atoms with Gasteiger partial charge in [-0.2, -0.15) is 0 Å². The summed E-state index contributed by atoms with van der Waals surface area (Å²) in [5, 5.41) is 22.0. The first-order valence-corrected chi connectivity index (χ1v) is 13.2. The monoisotopic (exact) mass is 633 g/mol. The number of imidazole rings is 2. The van der Waals surface area contributed by atoms with E-state index in [1.165, 1.54) is 28.2 Å². The van der Waals surface area contributed by atoms with Crippen LogP contribution >= 0.6 is 33.9 Å². The Kier molecular flexibility index (Phi) is 7.39. The SMILES string of the molecule is O=c1[nH]c(-c2ccc(OCCO)cc2)c(O)n1[C@@H](Cc1cscn1)c1ncc(-c2ccc(I)cc2F)[nH]1. The molecule has 0 saturated heterocycles. The van der Waals surface area contributed by atoms with E-state index in [1.807, 2.05) is 28.0 Å². The van der Waals surface area contributed by atoms with Crippen LogP contribution in [0.5, 0.6) is 11.6 Å². The molecule has 0 radical (unpaired) electrons. The lowest BCUT2D eigenvalue weighted by atomic mass is 10.1. The fourth-order valence-corrected chi connectivity index (χ4v) is 5.03. The molecule has 0 unspecified atom stereocenters. The Labute approximate surface area is 227 Å². The Hall–Kier alpha value is -3.49. The van der Waals surface area contributed by atoms with E-state index in [-0.39, 0.29) is 31.2 Å². The van der Waals surface area contributed by atoms with E-state index in [2.05, 4.69) is 19.9 Å². The Morgan fingerprint density at radius 3 is 2.68 bits per heavy atom. The number of aromatic amines is 2. The maximum absolute atomic E-state index is 14.6. The summed E-state index contributed by atoms with van der Waals surface area (Å²) >= 11 is 3.46. The summed E-state index contributed by atoms with van der Waals surface area (Å²) in [6.07, 6.45) is 1.78. The van der Waals surface area contributed by atoms with Crippen molar-refractivity contribution in [3.05, 3.63) is 90.9 Å². The molecule has 5 rings (SSSR count). The van der Waals surface area contributed by atoms with Gasteiger partial charge in [0.1, 0.15) is 35.7 Å². The summed E-state index contributed by atoms with van der Waals surface area (Å²) < 4.78 is 22.0. The minimum Gasteiger partial charge on any atom is -0.493 e. The molecule has 37 heavy (non-hydrogen) atoms. The van der Waals surface area contributed by atoms with Crippen LogP contribution in [0.1, 0.15) is 17.6 Å². The summed E-state index contributed by atoms with van der Waals surface area (Å²) in [5.74, 6) is 0.254. The molecule has 2 aromatic carbocycles. The molecule has 0 aliphatic carbocycles. The third-order valence-corrected chi connectivity index (χ3v) is 7.04. The van der Waals surface area contributed by atoms with Gasteiger partial charge in [-0.1, -0.05) is 0 Å². The minimum absolute atomic E-state index is 0.107. The van der Waals surface area contributed by atoms with Crippen molar-refractivity contribution in [2.24, 2.45) is 0 Å². The normalized spacial score (nSPS) is 12.1. The van der Waals surface area contributed by atoms with Crippen molar-refractivity contribution in [1.82, 2.24) is 24.5 Å². The van der Waals surface area contributed by atoms with Crippen LogP contribution < -0.4 is 10.4 Å². The number of aromatic hydroxyl groups is 1. The number of thiazole rings is 1. The van der Waals surface area contributed by atoms with Crippen LogP contribution in [-0.2, 0) is 6.42 Å². The van der Waals surface area contributed by atoms with Gasteiger partial charge in [-0.05, 0) is 65.1 Å². The number of rotatable bonds is 9. The zero-order valence-corrected chi connectivity index (χ0v) is 22.2. The van der Waals surface area contributed by atoms with Gasteiger partial charge in [0.05, 0.1) is 29.7 Å². The van der Waals surface area contributed by atoms with Crippen molar-refractivity contribution in [3.8, 4) is 34.1 Å². The number of benzene rings is 2. The van der Waals surface area contributed by atoms with Crippen LogP contribution in [0.4, 0.5) is 4.39 Å². The van der Waals surface area contributed by atoms with E-state index in [4.69, 9.17) is 9.84 Å². The number of nitrogens with zero attached hydrogens (tertiary/aromatic N) is 3. The molecule has 0 aliphatic rings. The molecule has 5 aromatic rings. The molecule has 12 heteroatoms. The Balaban J connectivity index is 1.54. The molecule has 1 atom stereocenters. The number of aromatic nitrogens is 5. The fourth-order valence-electron chi connectivity index (χ4n) is 4.01. The second-order valence-electron chi connectivity index (χ2n) is 8.10. The Morgan fingerprint density at radius 2 is 1.97 bits per heavy atom. The quantitative estimate of drug-likeness (QED) is 0.179. The number of H-pyrrole nitrogens is 2. The van der Waals surface area contributed by atoms with Crippen molar-refractivity contribution in [2.75, 3.05) is 13.2 Å². The van der Waals surface area contributed by atoms with Gasteiger partial charge in [-0.25, -0.2) is 19.2 Å². The molecule has 0 saturated carbocycles. The number of nitrogens with one attached hydrogen (secondary N) is 2. The van der Waals surface area contributed by atoms with Crippen LogP contribution in [0.2, 0.25) is 0 Å². The zero-order chi connectivity index (χ0) is 25.9. The van der Waals surface area contributed by atoms with Gasteiger partial charge < -0.3 is 24.9 Å². The molecular formula is C25H21FIN5O4S. The van der Waals surface area contributed by atoms with Gasteiger partial charge in [0.15, 0.2) is 0 Å². The highest BCUT2D eigenvalue weighted by atomic mass is 127. The van der Waals surface area contributed by atoms with Crippen molar-refractivity contribution in [3.63, 3.8) is 0 Å². The molecule has 0 bridgehead atoms. The average Bonchev–Trinajstić information content (AvgIpc) is 3.63. The summed E-state index contributed by atoms with van der Waals surface area (Å²) in [5.41, 5.74) is 3.47. The number of hydrogen-bond acceptors (Lipinski definition) is 7. The smallest absolute Gasteiger partial charge is 0.329 e. The zero-order valence-electron chi connectivity index (χ0n) is 19.2. The van der Waals surface area contributed by atoms with E-state index >= 15 is 0 Å². The lowest BCUT2D eigenvalue weighted by Crippen LogP contribution is -2.25. The fraction of sp³-hybridized carbons (Fsp3) is 0.160. The predicted octanol–water partition coefficient (Wildman–Crippen LogP) is 4.34. The maximum Gasteiger partial charge on any atom is 0.329 e. The lowest BCUT2D eigenvalue weighted by Gasteiger charge is -2.16. The first-order chi connectivity index (χ1) is 17.9. The summed E-state index contributed by atoms with van der Waals surface area (Å²) in [7, 11) is 0. The molecular weight excluding hydrogens is 612 g/mol. The molecule has 3 heterocycles. The van der Waals surface area contributed by atoms with Crippen molar-refractivity contribution in [1.29, 1.82) is 0 Å². The molecule has 3 aromatic heterocycles. The number of ether oxygens (including phenoxy) is 1. The summed E-state index contributed by atoms with van der Waals surface area (Å²) in [6, 6.07) is 10.9. The molecule has 190 valence electrons. The highest BCUT2D eigenvalue weighted by Crippen LogP contribution is 2.33. The summed E-state index contributed by atoms with van der Waals surface area (Å²) in [4.78, 5) is 27.8. The minimum atomic E-state index is -0.743. The largest absolute Gasteiger partial charge is 0.493 e. The summed E-state index contributed by atoms with van der Waals surface area (Å²) in [6.45, 7) is 0.0527. The highest BCUT2D eigenvalue weighted by Gasteiger charge is 2.27. The van der Waals surface area contributed by atoms with Gasteiger partial charge in [-0.3, -0.25) is 4.57 Å². The van der Waals surface area contributed by atoms with Crippen molar-refractivity contribution < 1.29 is 19.3 Å². The Morgan fingerprint density at radius 1 is 1.16 bits per heavy atom. The predicted molar refractivity (Wildman–Crippen MR) is 145 cm³/mol. The van der Waals surface area contributed by atoms with Crippen LogP contribution in [0, 0.1) is 9.39 Å². The second kappa shape index (κ2) is 10.9. The molecule has 4 N–H and O–H groups in total. The van der Waals surface area contributed by atoms with E-state index in [0.717, 1.165) is 3.57 Å². The van der Waals surface area contributed by atoms with E-state index in [1.54, 1.807) is 41.9 Å². The second-order valence-corrected chi connectivity index (χ2v) is 10.1. The van der Waals surface area contributed by atoms with Crippen LogP contribution in [-0.4, -0.2) is 47.9 Å². The standard InChI is InChI=1S/C25H21FIN5O4S/c26-19-9-15(27)3-6-18(19)20-11-28-23(30-20)21(10-16-12-37-13-29-16)32-24(34)22(31-25(32)35)14-1-4-17(5-2-14)36-8-7-33/h1-6,9,11-13,21,33-34H,7-8,10H2,(H,28,30)(H,31,35)/t21-/m0/s1. The van der Waals surface area contributed by atoms with Gasteiger partial charge in [0.25, 0.3) is 0 Å². The molecule has 9 nitrogen and oxygen atoms in total. The van der Waals surface area contributed by atoms with Crippen molar-refractivity contribution >= 4 is 33.9 Å². The molecule has 0 fully saturated rings. The van der Waals surface area contributed by atoms with Gasteiger partial charge in [0, 0.05) is 26.5 Å².